The lowest BCUT2D eigenvalue weighted by Crippen LogP contribution is -2.32. The lowest BCUT2D eigenvalue weighted by molar-refractivity contribution is 0.117. The predicted molar refractivity (Wildman–Crippen MR) is 112 cm³/mol. The summed E-state index contributed by atoms with van der Waals surface area (Å²) in [5.41, 5.74) is 3.52. The predicted octanol–water partition coefficient (Wildman–Crippen LogP) is 4.78. The van der Waals surface area contributed by atoms with Crippen LogP contribution in [0.25, 0.3) is 10.9 Å². The van der Waals surface area contributed by atoms with E-state index in [9.17, 15) is 0 Å². The highest BCUT2D eigenvalue weighted by Crippen LogP contribution is 2.34. The fourth-order valence-electron chi connectivity index (χ4n) is 3.81. The number of fused-ring (bicyclic) bond motifs is 2. The first-order valence-electron chi connectivity index (χ1n) is 9.77. The van der Waals surface area contributed by atoms with Gasteiger partial charge in [0.25, 0.3) is 0 Å². The second-order valence-electron chi connectivity index (χ2n) is 7.40. The van der Waals surface area contributed by atoms with Gasteiger partial charge in [0.2, 0.25) is 0 Å². The number of furan rings is 1. The first-order chi connectivity index (χ1) is 13.8. The number of benzene rings is 1. The number of aromatic nitrogens is 1. The lowest BCUT2D eigenvalue weighted by Gasteiger charge is -2.30. The molecular formula is C22H23N3O2S. The Kier molecular flexibility index (Phi) is 4.82. The quantitative estimate of drug-likeness (QED) is 0.638. The number of amidine groups is 1. The summed E-state index contributed by atoms with van der Waals surface area (Å²) < 4.78 is 11.3. The van der Waals surface area contributed by atoms with Gasteiger partial charge in [-0.1, -0.05) is 18.2 Å². The molecule has 1 saturated heterocycles. The Balaban J connectivity index is 1.49. The molecule has 5 rings (SSSR count). The Morgan fingerprint density at radius 3 is 3.07 bits per heavy atom. The summed E-state index contributed by atoms with van der Waals surface area (Å²) in [7, 11) is 0. The van der Waals surface area contributed by atoms with Crippen LogP contribution < -0.4 is 0 Å². The number of rotatable bonds is 4. The van der Waals surface area contributed by atoms with Gasteiger partial charge in [-0.25, -0.2) is 4.98 Å². The number of hydrogen-bond acceptors (Lipinski definition) is 5. The monoisotopic (exact) mass is 393 g/mol. The molecule has 2 aliphatic rings. The van der Waals surface area contributed by atoms with Crippen LogP contribution in [0.15, 0.2) is 57.1 Å². The second-order valence-corrected chi connectivity index (χ2v) is 8.35. The van der Waals surface area contributed by atoms with E-state index < -0.39 is 0 Å². The third-order valence-corrected chi connectivity index (χ3v) is 6.40. The summed E-state index contributed by atoms with van der Waals surface area (Å²) in [6, 6.07) is 12.6. The maximum atomic E-state index is 5.76. The lowest BCUT2D eigenvalue weighted by atomic mass is 10.1. The average Bonchev–Trinajstić information content (AvgIpc) is 3.39. The van der Waals surface area contributed by atoms with Gasteiger partial charge in [0.05, 0.1) is 31.0 Å². The molecule has 1 atom stereocenters. The van der Waals surface area contributed by atoms with Gasteiger partial charge in [0, 0.05) is 24.1 Å². The van der Waals surface area contributed by atoms with Gasteiger partial charge in [-0.05, 0) is 55.3 Å². The van der Waals surface area contributed by atoms with Gasteiger partial charge in [-0.3, -0.25) is 4.99 Å². The van der Waals surface area contributed by atoms with Crippen molar-refractivity contribution in [3.05, 3.63) is 59.5 Å². The molecule has 5 nitrogen and oxygen atoms in total. The van der Waals surface area contributed by atoms with Crippen LogP contribution in [0.1, 0.15) is 29.7 Å². The summed E-state index contributed by atoms with van der Waals surface area (Å²) in [6.07, 6.45) is 4.19. The molecule has 0 N–H and O–H groups in total. The van der Waals surface area contributed by atoms with Crippen LogP contribution in [-0.2, 0) is 17.8 Å². The largest absolute Gasteiger partial charge is 0.467 e. The molecule has 3 aromatic rings. The number of para-hydroxylation sites is 1. The van der Waals surface area contributed by atoms with Crippen molar-refractivity contribution in [3.63, 3.8) is 0 Å². The summed E-state index contributed by atoms with van der Waals surface area (Å²) >= 11 is 1.66. The number of hydrogen-bond donors (Lipinski definition) is 0. The molecule has 0 aliphatic carbocycles. The van der Waals surface area contributed by atoms with Gasteiger partial charge in [-0.15, -0.1) is 0 Å². The van der Waals surface area contributed by atoms with Crippen molar-refractivity contribution < 1.29 is 9.15 Å². The fraction of sp³-hybridized carbons (Fsp3) is 0.364. The van der Waals surface area contributed by atoms with Crippen molar-refractivity contribution in [2.45, 2.75) is 44.0 Å². The summed E-state index contributed by atoms with van der Waals surface area (Å²) in [6.45, 7) is 5.16. The third kappa shape index (κ3) is 3.54. The highest BCUT2D eigenvalue weighted by molar-refractivity contribution is 8.13. The van der Waals surface area contributed by atoms with Crippen LogP contribution in [0.4, 0.5) is 0 Å². The van der Waals surface area contributed by atoms with E-state index in [1.165, 1.54) is 16.5 Å². The molecule has 2 aromatic heterocycles. The smallest absolute Gasteiger partial charge is 0.166 e. The Morgan fingerprint density at radius 2 is 2.25 bits per heavy atom. The Bertz CT molecular complexity index is 1010. The average molecular weight is 394 g/mol. The Labute approximate surface area is 168 Å². The van der Waals surface area contributed by atoms with Crippen molar-refractivity contribution in [1.82, 2.24) is 9.88 Å². The zero-order valence-electron chi connectivity index (χ0n) is 15.9. The van der Waals surface area contributed by atoms with Crippen LogP contribution in [0.3, 0.4) is 0 Å². The van der Waals surface area contributed by atoms with Gasteiger partial charge < -0.3 is 14.1 Å². The Morgan fingerprint density at radius 1 is 1.29 bits per heavy atom. The van der Waals surface area contributed by atoms with Crippen molar-refractivity contribution >= 4 is 27.8 Å². The number of aliphatic imine (C=N–C) groups is 1. The molecule has 0 bridgehead atoms. The summed E-state index contributed by atoms with van der Waals surface area (Å²) in [4.78, 5) is 12.2. The van der Waals surface area contributed by atoms with E-state index in [0.717, 1.165) is 47.5 Å². The van der Waals surface area contributed by atoms with Crippen LogP contribution >= 0.6 is 11.8 Å². The molecular weight excluding hydrogens is 370 g/mol. The molecule has 0 spiro atoms. The van der Waals surface area contributed by atoms with Crippen LogP contribution in [0.5, 0.6) is 0 Å². The topological polar surface area (TPSA) is 50.9 Å². The zero-order valence-corrected chi connectivity index (χ0v) is 16.7. The van der Waals surface area contributed by atoms with E-state index in [-0.39, 0.29) is 6.10 Å². The summed E-state index contributed by atoms with van der Waals surface area (Å²) in [5.74, 6) is 0.943. The zero-order chi connectivity index (χ0) is 18.9. The van der Waals surface area contributed by atoms with E-state index in [0.29, 0.717) is 13.1 Å². The Hall–Kier alpha value is -2.31. The van der Waals surface area contributed by atoms with Gasteiger partial charge in [0.1, 0.15) is 10.8 Å². The molecule has 0 saturated carbocycles. The molecule has 144 valence electrons. The fourth-order valence-corrected chi connectivity index (χ4v) is 4.78. The normalized spacial score (nSPS) is 20.8. The van der Waals surface area contributed by atoms with Crippen molar-refractivity contribution in [2.24, 2.45) is 4.99 Å². The minimum absolute atomic E-state index is 0.242. The van der Waals surface area contributed by atoms with E-state index in [2.05, 4.69) is 36.1 Å². The first-order valence-corrected chi connectivity index (χ1v) is 10.6. The maximum absolute atomic E-state index is 5.76. The molecule has 0 radical (unpaired) electrons. The molecule has 2 aliphatic heterocycles. The van der Waals surface area contributed by atoms with Crippen LogP contribution in [0.2, 0.25) is 0 Å². The SMILES string of the molecule is Cc1cccc2cc3c(nc12)SC(=NC[C@H]1CCCO1)N(Cc1ccco1)C3. The van der Waals surface area contributed by atoms with Crippen molar-refractivity contribution in [2.75, 3.05) is 13.2 Å². The maximum Gasteiger partial charge on any atom is 0.166 e. The van der Waals surface area contributed by atoms with Crippen LogP contribution in [-0.4, -0.2) is 34.3 Å². The molecule has 0 unspecified atom stereocenters. The highest BCUT2D eigenvalue weighted by atomic mass is 32.2. The number of aryl methyl sites for hydroxylation is 1. The van der Waals surface area contributed by atoms with Crippen molar-refractivity contribution in [1.29, 1.82) is 0 Å². The first kappa shape index (κ1) is 17.8. The number of thioether (sulfide) groups is 1. The minimum Gasteiger partial charge on any atom is -0.467 e. The standard InChI is InChI=1S/C22H23N3O2S/c1-15-5-2-6-16-11-17-13-25(14-19-8-4-10-27-19)22(28-21(17)24-20(15)16)23-12-18-7-3-9-26-18/h2,4-6,8,10-11,18H,3,7,9,12-14H2,1H3/t18-/m1/s1. The molecule has 1 fully saturated rings. The number of pyridine rings is 1. The summed E-state index contributed by atoms with van der Waals surface area (Å²) in [5, 5.41) is 3.25. The molecule has 6 heteroatoms. The highest BCUT2D eigenvalue weighted by Gasteiger charge is 2.26. The molecule has 0 amide bonds. The van der Waals surface area contributed by atoms with E-state index in [1.807, 2.05) is 12.1 Å². The van der Waals surface area contributed by atoms with Gasteiger partial charge in [-0.2, -0.15) is 0 Å². The minimum atomic E-state index is 0.242. The van der Waals surface area contributed by atoms with E-state index in [1.54, 1.807) is 18.0 Å². The molecule has 28 heavy (non-hydrogen) atoms. The van der Waals surface area contributed by atoms with Crippen molar-refractivity contribution in [3.8, 4) is 0 Å². The second kappa shape index (κ2) is 7.60. The third-order valence-electron chi connectivity index (χ3n) is 5.29. The molecule has 1 aromatic carbocycles. The van der Waals surface area contributed by atoms with Gasteiger partial charge in [0.15, 0.2) is 5.17 Å². The van der Waals surface area contributed by atoms with Crippen LogP contribution in [0, 0.1) is 6.92 Å². The van der Waals surface area contributed by atoms with E-state index >= 15 is 0 Å². The number of ether oxygens (including phenoxy) is 1. The van der Waals surface area contributed by atoms with E-state index in [4.69, 9.17) is 19.1 Å². The number of nitrogens with zero attached hydrogens (tertiary/aromatic N) is 3. The van der Waals surface area contributed by atoms with Gasteiger partial charge >= 0.3 is 0 Å². The molecule has 4 heterocycles.